The van der Waals surface area contributed by atoms with E-state index in [-0.39, 0.29) is 0 Å². The summed E-state index contributed by atoms with van der Waals surface area (Å²) in [6.07, 6.45) is 5.58. The topological polar surface area (TPSA) is 12.0 Å². The van der Waals surface area contributed by atoms with E-state index in [1.165, 1.54) is 25.7 Å². The van der Waals surface area contributed by atoms with E-state index in [4.69, 9.17) is 0 Å². The fourth-order valence-electron chi connectivity index (χ4n) is 3.50. The number of nitrogens with one attached hydrogen (secondary N) is 1. The standard InChI is InChI=1S/C15H31N/c1-11-7-12(2)9-13(8-11)14(16-6)10-15(3,4)5/h11-14,16H,7-10H2,1-6H3. The normalized spacial score (nSPS) is 33.8. The van der Waals surface area contributed by atoms with Crippen LogP contribution in [0.15, 0.2) is 0 Å². The Hall–Kier alpha value is -0.0400. The van der Waals surface area contributed by atoms with Crippen LogP contribution in [0.25, 0.3) is 0 Å². The summed E-state index contributed by atoms with van der Waals surface area (Å²) in [5.74, 6) is 2.73. The van der Waals surface area contributed by atoms with E-state index in [0.717, 1.165) is 17.8 Å². The van der Waals surface area contributed by atoms with Crippen LogP contribution in [0.5, 0.6) is 0 Å². The molecule has 0 aromatic heterocycles. The lowest BCUT2D eigenvalue weighted by Gasteiger charge is -2.38. The maximum atomic E-state index is 3.57. The Morgan fingerprint density at radius 2 is 1.56 bits per heavy atom. The average molecular weight is 225 g/mol. The van der Waals surface area contributed by atoms with Crippen LogP contribution in [0.2, 0.25) is 0 Å². The lowest BCUT2D eigenvalue weighted by molar-refractivity contribution is 0.152. The number of hydrogen-bond donors (Lipinski definition) is 1. The molecule has 1 N–H and O–H groups in total. The Bertz CT molecular complexity index is 194. The van der Waals surface area contributed by atoms with Gasteiger partial charge in [-0.25, -0.2) is 0 Å². The highest BCUT2D eigenvalue weighted by Crippen LogP contribution is 2.37. The zero-order chi connectivity index (χ0) is 12.3. The molecule has 0 bridgehead atoms. The molecular formula is C15H31N. The van der Waals surface area contributed by atoms with Crippen LogP contribution in [0, 0.1) is 23.2 Å². The largest absolute Gasteiger partial charge is 0.317 e. The van der Waals surface area contributed by atoms with Gasteiger partial charge in [-0.3, -0.25) is 0 Å². The van der Waals surface area contributed by atoms with Crippen molar-refractivity contribution in [2.75, 3.05) is 7.05 Å². The Morgan fingerprint density at radius 3 is 1.94 bits per heavy atom. The zero-order valence-electron chi connectivity index (χ0n) is 12.1. The molecule has 3 unspecified atom stereocenters. The Balaban J connectivity index is 2.58. The van der Waals surface area contributed by atoms with Crippen molar-refractivity contribution in [1.29, 1.82) is 0 Å². The highest BCUT2D eigenvalue weighted by Gasteiger charge is 2.31. The number of rotatable bonds is 3. The molecule has 1 aliphatic carbocycles. The maximum absolute atomic E-state index is 3.57. The summed E-state index contributed by atoms with van der Waals surface area (Å²) >= 11 is 0. The van der Waals surface area contributed by atoms with Crippen LogP contribution in [0.4, 0.5) is 0 Å². The van der Waals surface area contributed by atoms with E-state index < -0.39 is 0 Å². The van der Waals surface area contributed by atoms with Crippen LogP contribution in [-0.4, -0.2) is 13.1 Å². The summed E-state index contributed by atoms with van der Waals surface area (Å²) in [5, 5.41) is 3.57. The molecule has 0 amide bonds. The molecule has 1 aliphatic rings. The summed E-state index contributed by atoms with van der Waals surface area (Å²) in [7, 11) is 2.14. The SMILES string of the molecule is CNC(CC(C)(C)C)C1CC(C)CC(C)C1. The van der Waals surface area contributed by atoms with Gasteiger partial charge in [0.15, 0.2) is 0 Å². The second kappa shape index (κ2) is 5.53. The van der Waals surface area contributed by atoms with Gasteiger partial charge in [-0.15, -0.1) is 0 Å². The summed E-state index contributed by atoms with van der Waals surface area (Å²) < 4.78 is 0. The molecule has 16 heavy (non-hydrogen) atoms. The van der Waals surface area contributed by atoms with Crippen molar-refractivity contribution in [3.8, 4) is 0 Å². The van der Waals surface area contributed by atoms with Gasteiger partial charge in [0.25, 0.3) is 0 Å². The smallest absolute Gasteiger partial charge is 0.00975 e. The fraction of sp³-hybridized carbons (Fsp3) is 1.00. The quantitative estimate of drug-likeness (QED) is 0.763. The molecule has 1 nitrogen and oxygen atoms in total. The molecule has 1 rings (SSSR count). The first kappa shape index (κ1) is 14.0. The van der Waals surface area contributed by atoms with Crippen molar-refractivity contribution in [2.24, 2.45) is 23.2 Å². The molecule has 0 saturated heterocycles. The molecule has 1 saturated carbocycles. The third-order valence-corrected chi connectivity index (χ3v) is 3.99. The van der Waals surface area contributed by atoms with Crippen LogP contribution >= 0.6 is 0 Å². The Kier molecular flexibility index (Phi) is 4.85. The fourth-order valence-corrected chi connectivity index (χ4v) is 3.50. The van der Waals surface area contributed by atoms with Gasteiger partial charge in [-0.05, 0) is 55.9 Å². The zero-order valence-corrected chi connectivity index (χ0v) is 12.1. The summed E-state index contributed by atoms with van der Waals surface area (Å²) in [4.78, 5) is 0. The van der Waals surface area contributed by atoms with Gasteiger partial charge in [-0.2, -0.15) is 0 Å². The van der Waals surface area contributed by atoms with Crippen molar-refractivity contribution in [3.63, 3.8) is 0 Å². The van der Waals surface area contributed by atoms with Crippen molar-refractivity contribution in [1.82, 2.24) is 5.32 Å². The first-order valence-corrected chi connectivity index (χ1v) is 6.99. The molecule has 0 heterocycles. The molecule has 1 heteroatoms. The van der Waals surface area contributed by atoms with E-state index in [9.17, 15) is 0 Å². The third kappa shape index (κ3) is 4.45. The maximum Gasteiger partial charge on any atom is 0.00975 e. The summed E-state index contributed by atoms with van der Waals surface area (Å²) in [6, 6.07) is 0.713. The molecule has 0 aromatic rings. The first-order chi connectivity index (χ1) is 7.31. The van der Waals surface area contributed by atoms with Crippen LogP contribution in [-0.2, 0) is 0 Å². The molecule has 0 spiro atoms. The minimum Gasteiger partial charge on any atom is -0.317 e. The van der Waals surface area contributed by atoms with Crippen LogP contribution in [0.3, 0.4) is 0 Å². The molecule has 1 fully saturated rings. The predicted molar refractivity (Wildman–Crippen MR) is 72.6 cm³/mol. The van der Waals surface area contributed by atoms with Gasteiger partial charge in [0, 0.05) is 6.04 Å². The monoisotopic (exact) mass is 225 g/mol. The van der Waals surface area contributed by atoms with Crippen molar-refractivity contribution in [2.45, 2.75) is 66.3 Å². The van der Waals surface area contributed by atoms with Crippen LogP contribution in [0.1, 0.15) is 60.3 Å². The van der Waals surface area contributed by atoms with Gasteiger partial charge in [0.05, 0.1) is 0 Å². The lowest BCUT2D eigenvalue weighted by Crippen LogP contribution is -2.40. The second-order valence-electron chi connectivity index (χ2n) is 7.34. The molecule has 96 valence electrons. The highest BCUT2D eigenvalue weighted by molar-refractivity contribution is 4.85. The average Bonchev–Trinajstić information content (AvgIpc) is 2.11. The molecule has 0 aromatic carbocycles. The van der Waals surface area contributed by atoms with E-state index in [1.807, 2.05) is 0 Å². The second-order valence-corrected chi connectivity index (χ2v) is 7.34. The molecule has 0 radical (unpaired) electrons. The summed E-state index contributed by atoms with van der Waals surface area (Å²) in [6.45, 7) is 11.9. The van der Waals surface area contributed by atoms with Crippen molar-refractivity contribution >= 4 is 0 Å². The number of hydrogen-bond acceptors (Lipinski definition) is 1. The van der Waals surface area contributed by atoms with E-state index >= 15 is 0 Å². The predicted octanol–water partition coefficient (Wildman–Crippen LogP) is 4.08. The van der Waals surface area contributed by atoms with E-state index in [2.05, 4.69) is 47.0 Å². The highest BCUT2D eigenvalue weighted by atomic mass is 14.9. The van der Waals surface area contributed by atoms with E-state index in [0.29, 0.717) is 11.5 Å². The van der Waals surface area contributed by atoms with Crippen molar-refractivity contribution < 1.29 is 0 Å². The van der Waals surface area contributed by atoms with Gasteiger partial charge < -0.3 is 5.32 Å². The minimum atomic E-state index is 0.442. The van der Waals surface area contributed by atoms with Gasteiger partial charge in [0.2, 0.25) is 0 Å². The Labute approximate surface area is 102 Å². The Morgan fingerprint density at radius 1 is 1.06 bits per heavy atom. The lowest BCUT2D eigenvalue weighted by atomic mass is 9.71. The molecule has 0 aliphatic heterocycles. The van der Waals surface area contributed by atoms with Crippen LogP contribution < -0.4 is 5.32 Å². The van der Waals surface area contributed by atoms with Gasteiger partial charge in [-0.1, -0.05) is 34.6 Å². The first-order valence-electron chi connectivity index (χ1n) is 6.99. The van der Waals surface area contributed by atoms with Crippen molar-refractivity contribution in [3.05, 3.63) is 0 Å². The van der Waals surface area contributed by atoms with Gasteiger partial charge in [0.1, 0.15) is 0 Å². The minimum absolute atomic E-state index is 0.442. The molecule has 3 atom stereocenters. The third-order valence-electron chi connectivity index (χ3n) is 3.99. The molecular weight excluding hydrogens is 194 g/mol. The summed E-state index contributed by atoms with van der Waals surface area (Å²) in [5.41, 5.74) is 0.442. The van der Waals surface area contributed by atoms with Gasteiger partial charge >= 0.3 is 0 Å². The van der Waals surface area contributed by atoms with E-state index in [1.54, 1.807) is 0 Å².